The molecule has 6 aromatic heterocycles. The van der Waals surface area contributed by atoms with E-state index in [0.717, 1.165) is 27.7 Å². The summed E-state index contributed by atoms with van der Waals surface area (Å²) in [7, 11) is 0. The third kappa shape index (κ3) is 11.2. The molecule has 0 aromatic carbocycles. The predicted molar refractivity (Wildman–Crippen MR) is 218 cm³/mol. The van der Waals surface area contributed by atoms with Crippen molar-refractivity contribution < 1.29 is 24.6 Å². The van der Waals surface area contributed by atoms with Crippen molar-refractivity contribution in [2.45, 2.75) is 72.4 Å². The highest BCUT2D eigenvalue weighted by molar-refractivity contribution is 7.16. The highest BCUT2D eigenvalue weighted by Gasteiger charge is 2.27. The Morgan fingerprint density at radius 2 is 1.25 bits per heavy atom. The van der Waals surface area contributed by atoms with Crippen LogP contribution in [0.5, 0.6) is 0 Å². The van der Waals surface area contributed by atoms with Crippen LogP contribution in [-0.2, 0) is 48.4 Å². The number of halogens is 2. The van der Waals surface area contributed by atoms with Crippen LogP contribution >= 0.6 is 45.9 Å². The monoisotopic (exact) mass is 838 g/mol. The molecule has 0 aliphatic heterocycles. The van der Waals surface area contributed by atoms with E-state index in [4.69, 9.17) is 33.4 Å². The van der Waals surface area contributed by atoms with E-state index < -0.39 is 17.4 Å². The Morgan fingerprint density at radius 3 is 1.73 bits per heavy atom. The van der Waals surface area contributed by atoms with Crippen molar-refractivity contribution in [2.75, 3.05) is 0 Å². The second-order valence-corrected chi connectivity index (χ2v) is 17.4. The molecule has 17 heteroatoms. The topological polar surface area (TPSA) is 182 Å². The number of aromatic nitrogens is 6. The highest BCUT2D eigenvalue weighted by atomic mass is 35.5. The first-order valence-electron chi connectivity index (χ1n) is 17.6. The number of rotatable bonds is 14. The van der Waals surface area contributed by atoms with Gasteiger partial charge < -0.3 is 19.3 Å². The minimum atomic E-state index is -0.978. The first kappa shape index (κ1) is 42.1. The Bertz CT molecular complexity index is 2450. The molecule has 13 nitrogen and oxygen atoms in total. The van der Waals surface area contributed by atoms with Gasteiger partial charge in [0.25, 0.3) is 17.0 Å². The molecular weight excluding hydrogens is 800 g/mol. The molecule has 6 rings (SSSR count). The molecule has 0 saturated heterocycles. The smallest absolute Gasteiger partial charge is 0.305 e. The van der Waals surface area contributed by atoms with Gasteiger partial charge in [-0.3, -0.25) is 29.1 Å². The van der Waals surface area contributed by atoms with Crippen LogP contribution in [0.1, 0.15) is 59.5 Å². The molecule has 0 aliphatic rings. The zero-order chi connectivity index (χ0) is 40.6. The van der Waals surface area contributed by atoms with Crippen LogP contribution in [0.4, 0.5) is 0 Å². The molecule has 0 spiro atoms. The highest BCUT2D eigenvalue weighted by Crippen LogP contribution is 2.26. The number of aromatic amines is 1. The summed E-state index contributed by atoms with van der Waals surface area (Å²) in [6.07, 6.45) is 5.74. The van der Waals surface area contributed by atoms with E-state index in [-0.39, 0.29) is 43.0 Å². The van der Waals surface area contributed by atoms with E-state index in [9.17, 15) is 24.0 Å². The molecule has 0 unspecified atom stereocenters. The van der Waals surface area contributed by atoms with Gasteiger partial charge >= 0.3 is 11.9 Å². The minimum absolute atomic E-state index is 0.0651. The third-order valence-electron chi connectivity index (χ3n) is 8.50. The molecule has 0 atom stereocenters. The minimum Gasteiger partial charge on any atom is -0.481 e. The van der Waals surface area contributed by atoms with E-state index in [1.807, 2.05) is 51.1 Å². The molecular formula is C39H40Cl2N6O7S2. The van der Waals surface area contributed by atoms with Gasteiger partial charge in [-0.1, -0.05) is 44.0 Å². The van der Waals surface area contributed by atoms with Gasteiger partial charge in [-0.15, -0.1) is 22.7 Å². The van der Waals surface area contributed by atoms with Gasteiger partial charge in [0.2, 0.25) is 0 Å². The number of hydrogen-bond acceptors (Lipinski definition) is 9. The molecule has 0 saturated carbocycles. The van der Waals surface area contributed by atoms with Crippen LogP contribution < -0.4 is 11.1 Å². The van der Waals surface area contributed by atoms with Crippen molar-refractivity contribution in [1.82, 2.24) is 29.1 Å². The average Bonchev–Trinajstić information content (AvgIpc) is 3.96. The summed E-state index contributed by atoms with van der Waals surface area (Å²) in [5.74, 6) is -2.08. The number of aliphatic carboxylic acids is 2. The number of carboxylic acid groups (broad SMARTS) is 2. The maximum atomic E-state index is 13.0. The quantitative estimate of drug-likeness (QED) is 0.0996. The third-order valence-corrected chi connectivity index (χ3v) is 11.1. The van der Waals surface area contributed by atoms with Gasteiger partial charge in [0, 0.05) is 52.0 Å². The van der Waals surface area contributed by atoms with Crippen molar-refractivity contribution in [1.29, 1.82) is 0 Å². The lowest BCUT2D eigenvalue weighted by Crippen LogP contribution is -2.29. The molecule has 3 N–H and O–H groups in total. The van der Waals surface area contributed by atoms with Gasteiger partial charge in [0.1, 0.15) is 0 Å². The molecule has 0 aliphatic carbocycles. The number of H-pyrrole nitrogens is 1. The number of pyridine rings is 2. The fourth-order valence-electron chi connectivity index (χ4n) is 5.58. The second-order valence-electron chi connectivity index (χ2n) is 13.8. The Hall–Kier alpha value is -5.09. The van der Waals surface area contributed by atoms with Gasteiger partial charge in [0.05, 0.1) is 44.0 Å². The number of thiophene rings is 2. The van der Waals surface area contributed by atoms with Crippen molar-refractivity contribution in [3.63, 3.8) is 0 Å². The maximum absolute atomic E-state index is 13.0. The van der Waals surface area contributed by atoms with Crippen LogP contribution in [0, 0.1) is 5.41 Å². The van der Waals surface area contributed by atoms with Gasteiger partial charge in [0.15, 0.2) is 0 Å². The summed E-state index contributed by atoms with van der Waals surface area (Å²) in [6, 6.07) is 18.0. The first-order chi connectivity index (χ1) is 26.6. The predicted octanol–water partition coefficient (Wildman–Crippen LogP) is 7.59. The summed E-state index contributed by atoms with van der Waals surface area (Å²) >= 11 is 15.0. The number of hydrogen-bond donors (Lipinski definition) is 3. The first-order valence-corrected chi connectivity index (χ1v) is 20.0. The lowest BCUT2D eigenvalue weighted by atomic mass is 9.95. The van der Waals surface area contributed by atoms with Crippen molar-refractivity contribution >= 4 is 63.7 Å². The number of carbonyl (C=O) groups excluding carboxylic acids is 1. The van der Waals surface area contributed by atoms with Crippen LogP contribution in [0.25, 0.3) is 22.5 Å². The van der Waals surface area contributed by atoms with Crippen molar-refractivity contribution in [3.05, 3.63) is 124 Å². The van der Waals surface area contributed by atoms with Crippen molar-refractivity contribution in [3.8, 4) is 22.5 Å². The van der Waals surface area contributed by atoms with E-state index >= 15 is 0 Å². The van der Waals surface area contributed by atoms with Crippen molar-refractivity contribution in [2.24, 2.45) is 5.41 Å². The summed E-state index contributed by atoms with van der Waals surface area (Å²) in [6.45, 7) is 5.66. The Labute approximate surface area is 339 Å². The summed E-state index contributed by atoms with van der Waals surface area (Å²) in [4.78, 5) is 62.2. The summed E-state index contributed by atoms with van der Waals surface area (Å²) in [5.41, 5.74) is 2.14. The Kier molecular flexibility index (Phi) is 14.0. The fourth-order valence-corrected chi connectivity index (χ4v) is 7.75. The number of nitrogens with zero attached hydrogens (tertiary/aromatic N) is 5. The maximum Gasteiger partial charge on any atom is 0.305 e. The molecule has 6 aromatic rings. The molecule has 6 heterocycles. The van der Waals surface area contributed by atoms with E-state index in [0.29, 0.717) is 45.4 Å². The van der Waals surface area contributed by atoms with Crippen LogP contribution in [0.15, 0.2) is 82.6 Å². The largest absolute Gasteiger partial charge is 0.481 e. The van der Waals surface area contributed by atoms with Gasteiger partial charge in [-0.25, -0.2) is 4.68 Å². The van der Waals surface area contributed by atoms with Gasteiger partial charge in [-0.2, -0.15) is 10.2 Å². The molecule has 0 bridgehead atoms. The zero-order valence-corrected chi connectivity index (χ0v) is 34.0. The molecule has 0 radical (unpaired) electrons. The summed E-state index contributed by atoms with van der Waals surface area (Å²) in [5, 5.41) is 29.3. The standard InChI is InChI=1S/C22H24ClN3O4S.C17H16ClN3O3S/c1-22(2,3)21(30)26-14(6-7-15-8-9-18(23)31-15)13-17(24-26)16-5-4-11-25(20(16)29)12-10-19(27)28;18-15-6-5-12(25-15)4-3-11-10-14(20-19-11)13-2-1-8-21(17(13)24)9-7-16(22)23/h4-5,8-9,11,13H,6-7,10,12H2,1-3H3,(H,27,28);1-2,5-6,8,10H,3-4,7,9H2,(H,19,20)(H,22,23). The van der Waals surface area contributed by atoms with Crippen LogP contribution in [0.3, 0.4) is 0 Å². The Balaban J connectivity index is 0.000000219. The molecule has 294 valence electrons. The summed E-state index contributed by atoms with van der Waals surface area (Å²) < 4.78 is 5.61. The molecule has 0 fully saturated rings. The van der Waals surface area contributed by atoms with Gasteiger partial charge in [-0.05, 0) is 86.3 Å². The van der Waals surface area contributed by atoms with E-state index in [1.165, 1.54) is 30.0 Å². The average molecular weight is 840 g/mol. The van der Waals surface area contributed by atoms with E-state index in [2.05, 4.69) is 15.3 Å². The normalized spacial score (nSPS) is 11.3. The molecule has 56 heavy (non-hydrogen) atoms. The molecule has 0 amide bonds. The Morgan fingerprint density at radius 1 is 0.732 bits per heavy atom. The van der Waals surface area contributed by atoms with E-state index in [1.54, 1.807) is 54.1 Å². The number of nitrogens with one attached hydrogen (secondary N) is 1. The van der Waals surface area contributed by atoms with Crippen LogP contribution in [0.2, 0.25) is 8.67 Å². The van der Waals surface area contributed by atoms with Crippen LogP contribution in [-0.4, -0.2) is 57.2 Å². The number of carboxylic acids is 2. The second kappa shape index (κ2) is 18.7. The fraction of sp³-hybridized carbons (Fsp3) is 0.308. The lowest BCUT2D eigenvalue weighted by molar-refractivity contribution is -0.138. The number of aryl methyl sites for hydroxylation is 6. The number of carbonyl (C=O) groups is 3. The lowest BCUT2D eigenvalue weighted by Gasteiger charge is -2.17. The zero-order valence-electron chi connectivity index (χ0n) is 30.8. The SMILES string of the molecule is CC(C)(C)C(=O)n1nc(-c2cccn(CCC(=O)O)c2=O)cc1CCc1ccc(Cl)s1.O=C(O)CCn1cccc(-c2cc(CCc3ccc(Cl)s3)[nH]n2)c1=O.